The summed E-state index contributed by atoms with van der Waals surface area (Å²) in [7, 11) is 0. The summed E-state index contributed by atoms with van der Waals surface area (Å²) in [6.45, 7) is 3.48. The van der Waals surface area contributed by atoms with E-state index in [9.17, 15) is 0 Å². The third-order valence-electron chi connectivity index (χ3n) is 4.63. The van der Waals surface area contributed by atoms with Gasteiger partial charge in [0.2, 0.25) is 0 Å². The maximum absolute atomic E-state index is 6.09. The molecule has 3 aromatic carbocycles. The average Bonchev–Trinajstić information content (AvgIpc) is 3.08. The highest BCUT2D eigenvalue weighted by atomic mass is 35.5. The van der Waals surface area contributed by atoms with Gasteiger partial charge in [-0.05, 0) is 67.1 Å². The Balaban J connectivity index is 1.49. The monoisotopic (exact) mass is 426 g/mol. The molecule has 0 atom stereocenters. The summed E-state index contributed by atoms with van der Waals surface area (Å²) in [4.78, 5) is 4.74. The van der Waals surface area contributed by atoms with E-state index in [0.29, 0.717) is 24.8 Å². The maximum atomic E-state index is 6.09. The van der Waals surface area contributed by atoms with Gasteiger partial charge in [0, 0.05) is 10.0 Å². The van der Waals surface area contributed by atoms with Gasteiger partial charge in [-0.2, -0.15) is 0 Å². The first kappa shape index (κ1) is 19.6. The van der Waals surface area contributed by atoms with E-state index in [0.717, 1.165) is 38.9 Å². The topological polar surface area (TPSA) is 36.3 Å². The summed E-state index contributed by atoms with van der Waals surface area (Å²) in [5, 5.41) is 1.42. The molecular formula is C23H20Cl2N2O2. The van der Waals surface area contributed by atoms with Crippen LogP contribution in [0.15, 0.2) is 66.7 Å². The molecule has 0 aliphatic rings. The lowest BCUT2D eigenvalue weighted by molar-refractivity contribution is 0.272. The fraction of sp³-hybridized carbons (Fsp3) is 0.174. The normalized spacial score (nSPS) is 11.0. The van der Waals surface area contributed by atoms with Crippen molar-refractivity contribution in [2.75, 3.05) is 6.61 Å². The van der Waals surface area contributed by atoms with E-state index in [1.54, 1.807) is 0 Å². The average molecular weight is 427 g/mol. The smallest absolute Gasteiger partial charge is 0.148 e. The van der Waals surface area contributed by atoms with Crippen LogP contribution < -0.4 is 9.47 Å². The van der Waals surface area contributed by atoms with Crippen molar-refractivity contribution in [2.45, 2.75) is 20.1 Å². The van der Waals surface area contributed by atoms with Gasteiger partial charge in [-0.25, -0.2) is 4.98 Å². The van der Waals surface area contributed by atoms with Gasteiger partial charge in [0.25, 0.3) is 0 Å². The highest BCUT2D eigenvalue weighted by Gasteiger charge is 2.11. The van der Waals surface area contributed by atoms with Gasteiger partial charge >= 0.3 is 0 Å². The van der Waals surface area contributed by atoms with Crippen molar-refractivity contribution in [3.8, 4) is 11.5 Å². The van der Waals surface area contributed by atoms with E-state index in [4.69, 9.17) is 37.7 Å². The number of ether oxygens (including phenoxy) is 2. The van der Waals surface area contributed by atoms with Crippen LogP contribution in [0.3, 0.4) is 0 Å². The van der Waals surface area contributed by atoms with Gasteiger partial charge in [0.1, 0.15) is 30.5 Å². The van der Waals surface area contributed by atoms with Crippen LogP contribution in [0.1, 0.15) is 11.4 Å². The van der Waals surface area contributed by atoms with E-state index in [-0.39, 0.29) is 0 Å². The first-order valence-electron chi connectivity index (χ1n) is 9.31. The molecule has 4 aromatic rings. The summed E-state index contributed by atoms with van der Waals surface area (Å²) in [5.74, 6) is 2.40. The van der Waals surface area contributed by atoms with Crippen molar-refractivity contribution in [3.05, 3.63) is 88.2 Å². The fourth-order valence-corrected chi connectivity index (χ4v) is 3.37. The summed E-state index contributed by atoms with van der Waals surface area (Å²) >= 11 is 12.0. The Labute approximate surface area is 179 Å². The molecule has 0 unspecified atom stereocenters. The SMILES string of the molecule is Cc1cc(OCCn2c(COc3ccc(Cl)cc3)nc3ccccc32)ccc1Cl. The predicted molar refractivity (Wildman–Crippen MR) is 117 cm³/mol. The molecule has 6 heteroatoms. The molecule has 0 saturated carbocycles. The molecule has 29 heavy (non-hydrogen) atoms. The summed E-state index contributed by atoms with van der Waals surface area (Å²) in [5.41, 5.74) is 2.98. The lowest BCUT2D eigenvalue weighted by Gasteiger charge is -2.12. The van der Waals surface area contributed by atoms with Gasteiger partial charge in [-0.3, -0.25) is 0 Å². The van der Waals surface area contributed by atoms with E-state index in [1.165, 1.54) is 0 Å². The molecule has 0 saturated heterocycles. The molecule has 0 N–H and O–H groups in total. The standard InChI is InChI=1S/C23H20Cl2N2O2/c1-16-14-19(10-11-20(16)25)28-13-12-27-22-5-3-2-4-21(22)26-23(27)15-29-18-8-6-17(24)7-9-18/h2-11,14H,12-13,15H2,1H3. The zero-order valence-electron chi connectivity index (χ0n) is 15.9. The van der Waals surface area contributed by atoms with E-state index >= 15 is 0 Å². The maximum Gasteiger partial charge on any atom is 0.148 e. The van der Waals surface area contributed by atoms with Crippen LogP contribution >= 0.6 is 23.2 Å². The van der Waals surface area contributed by atoms with Crippen molar-refractivity contribution in [3.63, 3.8) is 0 Å². The fourth-order valence-electron chi connectivity index (χ4n) is 3.13. The zero-order chi connectivity index (χ0) is 20.2. The van der Waals surface area contributed by atoms with Gasteiger partial charge in [-0.15, -0.1) is 0 Å². The molecule has 1 aromatic heterocycles. The molecule has 0 radical (unpaired) electrons. The third-order valence-corrected chi connectivity index (χ3v) is 5.30. The molecule has 0 aliphatic heterocycles. The van der Waals surface area contributed by atoms with Gasteiger partial charge in [0.05, 0.1) is 17.6 Å². The molecule has 0 amide bonds. The molecule has 0 fully saturated rings. The lowest BCUT2D eigenvalue weighted by atomic mass is 10.2. The Bertz CT molecular complexity index is 1120. The van der Waals surface area contributed by atoms with Crippen LogP contribution in [-0.4, -0.2) is 16.2 Å². The molecule has 4 nitrogen and oxygen atoms in total. The highest BCUT2D eigenvalue weighted by molar-refractivity contribution is 6.31. The molecular weight excluding hydrogens is 407 g/mol. The number of para-hydroxylation sites is 2. The summed E-state index contributed by atoms with van der Waals surface area (Å²) in [6.07, 6.45) is 0. The van der Waals surface area contributed by atoms with Crippen molar-refractivity contribution in [1.29, 1.82) is 0 Å². The molecule has 0 aliphatic carbocycles. The molecule has 148 valence electrons. The van der Waals surface area contributed by atoms with Gasteiger partial charge < -0.3 is 14.0 Å². The molecule has 4 rings (SSSR count). The van der Waals surface area contributed by atoms with Crippen LogP contribution in [0.2, 0.25) is 10.0 Å². The number of hydrogen-bond donors (Lipinski definition) is 0. The first-order chi connectivity index (χ1) is 14.1. The summed E-state index contributed by atoms with van der Waals surface area (Å²) < 4.78 is 14.0. The number of halogens is 2. The Kier molecular flexibility index (Phi) is 5.93. The van der Waals surface area contributed by atoms with E-state index in [2.05, 4.69) is 10.6 Å². The second kappa shape index (κ2) is 8.76. The number of aryl methyl sites for hydroxylation is 1. The highest BCUT2D eigenvalue weighted by Crippen LogP contribution is 2.22. The number of nitrogens with zero attached hydrogens (tertiary/aromatic N) is 2. The van der Waals surface area contributed by atoms with Crippen molar-refractivity contribution >= 4 is 34.2 Å². The molecule has 0 bridgehead atoms. The number of hydrogen-bond acceptors (Lipinski definition) is 3. The predicted octanol–water partition coefficient (Wildman–Crippen LogP) is 6.31. The van der Waals surface area contributed by atoms with Crippen LogP contribution in [0, 0.1) is 6.92 Å². The van der Waals surface area contributed by atoms with Gasteiger partial charge in [0.15, 0.2) is 0 Å². The Morgan fingerprint density at radius 2 is 1.66 bits per heavy atom. The minimum atomic E-state index is 0.358. The Hall–Kier alpha value is -2.69. The van der Waals surface area contributed by atoms with Crippen molar-refractivity contribution in [1.82, 2.24) is 9.55 Å². The number of fused-ring (bicyclic) bond motifs is 1. The van der Waals surface area contributed by atoms with Crippen molar-refractivity contribution in [2.24, 2.45) is 0 Å². The van der Waals surface area contributed by atoms with Crippen LogP contribution in [0.5, 0.6) is 11.5 Å². The van der Waals surface area contributed by atoms with Crippen LogP contribution in [0.25, 0.3) is 11.0 Å². The molecule has 0 spiro atoms. The third kappa shape index (κ3) is 4.66. The van der Waals surface area contributed by atoms with Crippen LogP contribution in [0.4, 0.5) is 0 Å². The van der Waals surface area contributed by atoms with Crippen LogP contribution in [-0.2, 0) is 13.2 Å². The lowest BCUT2D eigenvalue weighted by Crippen LogP contribution is -2.13. The zero-order valence-corrected chi connectivity index (χ0v) is 17.5. The number of aromatic nitrogens is 2. The number of imidazole rings is 1. The molecule has 1 heterocycles. The quantitative estimate of drug-likeness (QED) is 0.347. The van der Waals surface area contributed by atoms with Crippen molar-refractivity contribution < 1.29 is 9.47 Å². The summed E-state index contributed by atoms with van der Waals surface area (Å²) in [6, 6.07) is 21.0. The minimum absolute atomic E-state index is 0.358. The second-order valence-electron chi connectivity index (χ2n) is 6.67. The first-order valence-corrected chi connectivity index (χ1v) is 10.1. The Morgan fingerprint density at radius 1 is 0.897 bits per heavy atom. The number of rotatable bonds is 7. The van der Waals surface area contributed by atoms with E-state index in [1.807, 2.05) is 67.6 Å². The van der Waals surface area contributed by atoms with Gasteiger partial charge in [-0.1, -0.05) is 35.3 Å². The largest absolute Gasteiger partial charge is 0.492 e. The minimum Gasteiger partial charge on any atom is -0.492 e. The Morgan fingerprint density at radius 3 is 2.45 bits per heavy atom. The second-order valence-corrected chi connectivity index (χ2v) is 7.51. The number of benzene rings is 3. The van der Waals surface area contributed by atoms with E-state index < -0.39 is 0 Å².